The van der Waals surface area contributed by atoms with E-state index in [1.165, 1.54) is 6.07 Å². The molecule has 3 heterocycles. The monoisotopic (exact) mass is 572 g/mol. The molecule has 0 bridgehead atoms. The largest absolute Gasteiger partial charge is 0.419 e. The first-order chi connectivity index (χ1) is 19.4. The van der Waals surface area contributed by atoms with Crippen molar-refractivity contribution < 1.29 is 22.4 Å². The molecule has 2 aliphatic rings. The van der Waals surface area contributed by atoms with E-state index in [1.807, 2.05) is 34.1 Å². The predicted octanol–water partition coefficient (Wildman–Crippen LogP) is 4.78. The number of rotatable bonds is 6. The summed E-state index contributed by atoms with van der Waals surface area (Å²) in [6.45, 7) is 5.31. The summed E-state index contributed by atoms with van der Waals surface area (Å²) in [5, 5.41) is 11.4. The summed E-state index contributed by atoms with van der Waals surface area (Å²) in [6.07, 6.45) is -0.0452. The maximum Gasteiger partial charge on any atom is 0.419 e. The Morgan fingerprint density at radius 1 is 1.10 bits per heavy atom. The number of halogens is 4. The summed E-state index contributed by atoms with van der Waals surface area (Å²) in [5.74, 6) is -2.01. The van der Waals surface area contributed by atoms with Gasteiger partial charge in [-0.2, -0.15) is 18.3 Å². The summed E-state index contributed by atoms with van der Waals surface area (Å²) < 4.78 is 57.9. The lowest BCUT2D eigenvalue weighted by atomic mass is 10.0. The number of carbonyl (C=O) groups excluding carboxylic acids is 1. The molecule has 0 radical (unpaired) electrons. The molecule has 5 rings (SSSR count). The summed E-state index contributed by atoms with van der Waals surface area (Å²) >= 11 is 0. The number of amides is 1. The van der Waals surface area contributed by atoms with Gasteiger partial charge >= 0.3 is 6.18 Å². The standard InChI is InChI=1S/C28H32F4N8O/c1-16-5-6-18(11-25(16)40-15-24(36-37-40)21-14-33-39(4)17(21)2)27(41)35-20-12-22(28(30,31)32)26(29)23(13-20)34-19-7-9-38(3)10-8-19/h5-6,11-15,19,34,36-37H,7-10H2,1-4H3,(H,35,41). The quantitative estimate of drug-likeness (QED) is 0.316. The number of benzene rings is 2. The molecule has 2 aromatic carbocycles. The van der Waals surface area contributed by atoms with Crippen LogP contribution in [0.25, 0.3) is 5.70 Å². The van der Waals surface area contributed by atoms with Gasteiger partial charge in [0.25, 0.3) is 5.91 Å². The zero-order valence-corrected chi connectivity index (χ0v) is 23.2. The highest BCUT2D eigenvalue weighted by molar-refractivity contribution is 6.05. The van der Waals surface area contributed by atoms with Gasteiger partial charge in [0.15, 0.2) is 5.82 Å². The molecule has 2 aliphatic heterocycles. The lowest BCUT2D eigenvalue weighted by Crippen LogP contribution is -2.37. The van der Waals surface area contributed by atoms with Gasteiger partial charge in [0, 0.05) is 41.8 Å². The van der Waals surface area contributed by atoms with E-state index in [2.05, 4.69) is 31.6 Å². The number of carbonyl (C=O) groups is 1. The normalized spacial score (nSPS) is 16.5. The molecule has 0 saturated carbocycles. The van der Waals surface area contributed by atoms with E-state index in [-0.39, 0.29) is 23.0 Å². The maximum atomic E-state index is 15.0. The highest BCUT2D eigenvalue weighted by atomic mass is 19.4. The van der Waals surface area contributed by atoms with Crippen LogP contribution < -0.4 is 26.6 Å². The van der Waals surface area contributed by atoms with Gasteiger partial charge in [-0.15, -0.1) is 5.53 Å². The predicted molar refractivity (Wildman–Crippen MR) is 149 cm³/mol. The van der Waals surface area contributed by atoms with Gasteiger partial charge in [-0.05, 0) is 76.7 Å². The SMILES string of the molecule is Cc1ccc(C(=O)Nc2cc(NC3CCN(C)CC3)c(F)c(C(F)(F)F)c2)cc1N1C=C(c2cnn(C)c2C)NN1. The Balaban J connectivity index is 1.39. The van der Waals surface area contributed by atoms with Crippen molar-refractivity contribution in [1.29, 1.82) is 0 Å². The fraction of sp³-hybridized carbons (Fsp3) is 0.357. The van der Waals surface area contributed by atoms with Crippen LogP contribution in [-0.2, 0) is 13.2 Å². The van der Waals surface area contributed by atoms with Crippen LogP contribution >= 0.6 is 0 Å². The summed E-state index contributed by atoms with van der Waals surface area (Å²) in [5.41, 5.74) is 8.60. The molecular weight excluding hydrogens is 540 g/mol. The van der Waals surface area contributed by atoms with Gasteiger partial charge < -0.3 is 21.0 Å². The molecule has 41 heavy (non-hydrogen) atoms. The fourth-order valence-corrected chi connectivity index (χ4v) is 4.94. The van der Waals surface area contributed by atoms with Crippen LogP contribution in [0, 0.1) is 19.7 Å². The van der Waals surface area contributed by atoms with E-state index in [4.69, 9.17) is 0 Å². The summed E-state index contributed by atoms with van der Waals surface area (Å²) in [4.78, 5) is 15.3. The number of hydrazine groups is 2. The molecule has 0 atom stereocenters. The smallest absolute Gasteiger partial charge is 0.380 e. The van der Waals surface area contributed by atoms with Gasteiger partial charge in [-0.3, -0.25) is 14.5 Å². The summed E-state index contributed by atoms with van der Waals surface area (Å²) in [6, 6.07) is 6.61. The third-order valence-corrected chi connectivity index (χ3v) is 7.54. The van der Waals surface area contributed by atoms with E-state index >= 15 is 0 Å². The summed E-state index contributed by atoms with van der Waals surface area (Å²) in [7, 11) is 3.80. The third kappa shape index (κ3) is 6.00. The van der Waals surface area contributed by atoms with Crippen molar-refractivity contribution in [3.05, 3.63) is 76.5 Å². The average Bonchev–Trinajstić information content (AvgIpc) is 3.53. The van der Waals surface area contributed by atoms with Crippen LogP contribution in [0.15, 0.2) is 42.7 Å². The van der Waals surface area contributed by atoms with Crippen LogP contribution in [0.3, 0.4) is 0 Å². The minimum Gasteiger partial charge on any atom is -0.380 e. The second-order valence-electron chi connectivity index (χ2n) is 10.5. The molecule has 1 fully saturated rings. The van der Waals surface area contributed by atoms with Crippen LogP contribution in [0.2, 0.25) is 0 Å². The van der Waals surface area contributed by atoms with Crippen molar-refractivity contribution in [3.8, 4) is 0 Å². The number of aryl methyl sites for hydroxylation is 2. The Bertz CT molecular complexity index is 1490. The Kier molecular flexibility index (Phi) is 7.66. The Labute approximate surface area is 235 Å². The number of aromatic nitrogens is 2. The van der Waals surface area contributed by atoms with E-state index < -0.39 is 23.5 Å². The zero-order valence-electron chi connectivity index (χ0n) is 23.2. The molecule has 0 spiro atoms. The highest BCUT2D eigenvalue weighted by Gasteiger charge is 2.36. The Morgan fingerprint density at radius 2 is 1.83 bits per heavy atom. The highest BCUT2D eigenvalue weighted by Crippen LogP contribution is 2.37. The van der Waals surface area contributed by atoms with Crippen molar-refractivity contribution in [2.45, 2.75) is 38.9 Å². The molecule has 218 valence electrons. The van der Waals surface area contributed by atoms with E-state index in [9.17, 15) is 22.4 Å². The van der Waals surface area contributed by atoms with Crippen molar-refractivity contribution in [2.75, 3.05) is 35.8 Å². The number of likely N-dealkylation sites (tertiary alicyclic amines) is 1. The third-order valence-electron chi connectivity index (χ3n) is 7.54. The van der Waals surface area contributed by atoms with Crippen molar-refractivity contribution in [3.63, 3.8) is 0 Å². The topological polar surface area (TPSA) is 89.5 Å². The first-order valence-electron chi connectivity index (χ1n) is 13.2. The van der Waals surface area contributed by atoms with Crippen LogP contribution in [-0.4, -0.2) is 46.8 Å². The molecule has 3 aromatic rings. The van der Waals surface area contributed by atoms with E-state index in [1.54, 1.807) is 34.1 Å². The van der Waals surface area contributed by atoms with E-state index in [0.29, 0.717) is 24.6 Å². The second kappa shape index (κ2) is 11.1. The number of nitrogens with zero attached hydrogens (tertiary/aromatic N) is 4. The number of alkyl halides is 3. The molecule has 1 amide bonds. The number of anilines is 3. The van der Waals surface area contributed by atoms with Gasteiger partial charge in [0.2, 0.25) is 0 Å². The second-order valence-corrected chi connectivity index (χ2v) is 10.5. The van der Waals surface area contributed by atoms with Gasteiger partial charge in [-0.25, -0.2) is 4.39 Å². The van der Waals surface area contributed by atoms with Crippen LogP contribution in [0.1, 0.15) is 45.6 Å². The van der Waals surface area contributed by atoms with Crippen LogP contribution in [0.5, 0.6) is 0 Å². The molecule has 13 heteroatoms. The van der Waals surface area contributed by atoms with Crippen molar-refractivity contribution in [1.82, 2.24) is 25.6 Å². The number of hydrogen-bond donors (Lipinski definition) is 4. The maximum absolute atomic E-state index is 15.0. The molecule has 1 saturated heterocycles. The van der Waals surface area contributed by atoms with E-state index in [0.717, 1.165) is 35.6 Å². The minimum atomic E-state index is -4.93. The molecule has 0 aliphatic carbocycles. The molecular formula is C28H32F4N8O. The average molecular weight is 573 g/mol. The number of nitrogens with one attached hydrogen (secondary N) is 4. The van der Waals surface area contributed by atoms with Gasteiger partial charge in [0.05, 0.1) is 28.8 Å². The van der Waals surface area contributed by atoms with Gasteiger partial charge in [0.1, 0.15) is 0 Å². The lowest BCUT2D eigenvalue weighted by molar-refractivity contribution is -0.139. The van der Waals surface area contributed by atoms with Crippen LogP contribution in [0.4, 0.5) is 34.6 Å². The first-order valence-corrected chi connectivity index (χ1v) is 13.2. The Morgan fingerprint density at radius 3 is 2.49 bits per heavy atom. The van der Waals surface area contributed by atoms with Gasteiger partial charge in [-0.1, -0.05) is 6.07 Å². The minimum absolute atomic E-state index is 0.156. The fourth-order valence-electron chi connectivity index (χ4n) is 4.94. The molecule has 1 aromatic heterocycles. The molecule has 0 unspecified atom stereocenters. The van der Waals surface area contributed by atoms with Crippen molar-refractivity contribution >= 4 is 28.7 Å². The molecule has 9 nitrogen and oxygen atoms in total. The number of piperidine rings is 1. The lowest BCUT2D eigenvalue weighted by Gasteiger charge is -2.30. The molecule has 4 N–H and O–H groups in total. The number of hydrogen-bond acceptors (Lipinski definition) is 7. The zero-order chi connectivity index (χ0) is 29.5. The first kappa shape index (κ1) is 28.4. The van der Waals surface area contributed by atoms with Crippen molar-refractivity contribution in [2.24, 2.45) is 7.05 Å². The Hall–Kier alpha value is -4.10.